The SMILES string of the molecule is CC(C)=O.CC(C)=O.C[C@H](CN(Cc1ccccn1)Cc1ccccn1)S(=O)[O-].C[C@H](CN(Cc1ccccn1)Cc1ccccn1)S(=O)[O-].F[B-](F)(F)F.F[B-](F)(F)F.[Cu+2].[Cu+2]. The first-order chi connectivity index (χ1) is 27.8. The van der Waals surface area contributed by atoms with Crippen molar-refractivity contribution in [2.45, 2.75) is 78.2 Å². The average molecular weight is 1030 g/mol. The van der Waals surface area contributed by atoms with Gasteiger partial charge in [-0.15, -0.1) is 0 Å². The van der Waals surface area contributed by atoms with Crippen LogP contribution in [-0.4, -0.2) is 96.9 Å². The summed E-state index contributed by atoms with van der Waals surface area (Å²) in [4.78, 5) is 40.2. The summed E-state index contributed by atoms with van der Waals surface area (Å²) in [5.41, 5.74) is 3.66. The van der Waals surface area contributed by atoms with E-state index >= 15 is 0 Å². The predicted octanol–water partition coefficient (Wildman–Crippen LogP) is 7.28. The zero-order valence-corrected chi connectivity index (χ0v) is 37.9. The normalized spacial score (nSPS) is 12.3. The molecule has 4 rings (SSSR count). The number of rotatable bonds is 14. The van der Waals surface area contributed by atoms with Crippen molar-refractivity contribution in [3.8, 4) is 0 Å². The van der Waals surface area contributed by atoms with Gasteiger partial charge in [-0.3, -0.25) is 38.2 Å². The molecule has 4 aromatic rings. The van der Waals surface area contributed by atoms with Crippen molar-refractivity contribution >= 4 is 48.2 Å². The Morgan fingerprint density at radius 1 is 0.516 bits per heavy atom. The Morgan fingerprint density at radius 2 is 0.694 bits per heavy atom. The fraction of sp³-hybridized carbons (Fsp3) is 0.389. The maximum atomic E-state index is 11.1. The number of pyridine rings is 4. The van der Waals surface area contributed by atoms with Crippen LogP contribution in [0.5, 0.6) is 0 Å². The molecule has 62 heavy (non-hydrogen) atoms. The molecule has 0 aromatic carbocycles. The van der Waals surface area contributed by atoms with Crippen molar-refractivity contribution in [1.82, 2.24) is 29.7 Å². The quantitative estimate of drug-likeness (QED) is 0.0704. The summed E-state index contributed by atoms with van der Waals surface area (Å²) in [6.07, 6.45) is 6.96. The Hall–Kier alpha value is -3.31. The third kappa shape index (κ3) is 47.7. The van der Waals surface area contributed by atoms with Crippen LogP contribution in [-0.2, 0) is 92.1 Å². The van der Waals surface area contributed by atoms with E-state index in [1.807, 2.05) is 82.6 Å². The van der Waals surface area contributed by atoms with Gasteiger partial charge in [-0.05, 0) is 76.2 Å². The molecule has 0 aliphatic heterocycles. The van der Waals surface area contributed by atoms with E-state index in [1.165, 1.54) is 27.7 Å². The second kappa shape index (κ2) is 37.1. The Kier molecular flexibility index (Phi) is 39.1. The van der Waals surface area contributed by atoms with Gasteiger partial charge < -0.3 is 53.2 Å². The topological polar surface area (TPSA) is 172 Å². The van der Waals surface area contributed by atoms with Gasteiger partial charge in [0.05, 0.1) is 22.8 Å². The van der Waals surface area contributed by atoms with Crippen molar-refractivity contribution in [2.75, 3.05) is 13.1 Å². The predicted molar refractivity (Wildman–Crippen MR) is 215 cm³/mol. The molecule has 26 heteroatoms. The third-order valence-corrected chi connectivity index (χ3v) is 7.75. The number of carbonyl (C=O) groups is 2. The van der Waals surface area contributed by atoms with Gasteiger partial charge in [0.1, 0.15) is 11.6 Å². The number of hydrogen-bond acceptors (Lipinski definition) is 12. The fourth-order valence-corrected chi connectivity index (χ4v) is 4.77. The van der Waals surface area contributed by atoms with Gasteiger partial charge in [0.15, 0.2) is 0 Å². The van der Waals surface area contributed by atoms with Crippen LogP contribution in [0.1, 0.15) is 64.3 Å². The van der Waals surface area contributed by atoms with Crippen LogP contribution in [0.2, 0.25) is 0 Å². The summed E-state index contributed by atoms with van der Waals surface area (Å²) in [6.45, 7) is 12.8. The maximum Gasteiger partial charge on any atom is 2.00 e. The van der Waals surface area contributed by atoms with E-state index in [1.54, 1.807) is 38.6 Å². The second-order valence-electron chi connectivity index (χ2n) is 12.6. The van der Waals surface area contributed by atoms with Gasteiger partial charge in [0, 0.05) is 74.6 Å². The van der Waals surface area contributed by atoms with Crippen LogP contribution in [0, 0.1) is 0 Å². The Labute approximate surface area is 383 Å². The number of carbonyl (C=O) groups excluding carboxylic acids is 2. The van der Waals surface area contributed by atoms with Gasteiger partial charge in [0.25, 0.3) is 0 Å². The Balaban J connectivity index is -0.000000382. The molecule has 0 amide bonds. The first-order valence-electron chi connectivity index (χ1n) is 17.7. The number of Topliss-reactive ketones (excluding diaryl/α,β-unsaturated/α-hetero) is 2. The van der Waals surface area contributed by atoms with Crippen molar-refractivity contribution in [2.24, 2.45) is 0 Å². The van der Waals surface area contributed by atoms with E-state index in [4.69, 9.17) is 0 Å². The van der Waals surface area contributed by atoms with Crippen LogP contribution in [0.3, 0.4) is 0 Å². The zero-order valence-electron chi connectivity index (χ0n) is 34.4. The van der Waals surface area contributed by atoms with E-state index in [2.05, 4.69) is 19.9 Å². The first kappa shape index (κ1) is 65.3. The van der Waals surface area contributed by atoms with Gasteiger partial charge in [-0.1, -0.05) is 60.3 Å². The summed E-state index contributed by atoms with van der Waals surface area (Å²) in [7, 11) is -12.0. The van der Waals surface area contributed by atoms with Crippen LogP contribution in [0.15, 0.2) is 97.6 Å². The smallest absolute Gasteiger partial charge is 0.772 e. The molecule has 4 aromatic heterocycles. The average Bonchev–Trinajstić information content (AvgIpc) is 3.11. The van der Waals surface area contributed by atoms with Gasteiger partial charge in [0.2, 0.25) is 0 Å². The van der Waals surface area contributed by atoms with Crippen LogP contribution >= 0.6 is 0 Å². The molecule has 0 saturated heterocycles. The third-order valence-electron chi connectivity index (χ3n) is 6.13. The Morgan fingerprint density at radius 3 is 0.823 bits per heavy atom. The molecular formula is C36H48B2Cu2F8N6O6S2. The van der Waals surface area contributed by atoms with Gasteiger partial charge in [-0.2, -0.15) is 0 Å². The molecule has 4 heterocycles. The number of aromatic nitrogens is 4. The summed E-state index contributed by atoms with van der Waals surface area (Å²) in [6, 6.07) is 22.9. The van der Waals surface area contributed by atoms with Gasteiger partial charge >= 0.3 is 48.6 Å². The van der Waals surface area contributed by atoms with E-state index in [0.29, 0.717) is 39.3 Å². The minimum Gasteiger partial charge on any atom is -0.772 e. The summed E-state index contributed by atoms with van der Waals surface area (Å²) >= 11 is -4.16. The molecular weight excluding hydrogens is 977 g/mol. The van der Waals surface area contributed by atoms with E-state index < -0.39 is 47.2 Å². The molecule has 4 atom stereocenters. The zero-order chi connectivity index (χ0) is 46.3. The molecule has 354 valence electrons. The molecule has 0 aliphatic carbocycles. The van der Waals surface area contributed by atoms with E-state index in [0.717, 1.165) is 22.8 Å². The number of ketones is 2. The second-order valence-corrected chi connectivity index (χ2v) is 15.2. The number of halogens is 8. The van der Waals surface area contributed by atoms with E-state index in [9.17, 15) is 61.6 Å². The molecule has 0 bridgehead atoms. The molecule has 12 nitrogen and oxygen atoms in total. The molecule has 0 N–H and O–H groups in total. The Bertz CT molecular complexity index is 1550. The summed E-state index contributed by atoms with van der Waals surface area (Å²) < 4.78 is 122. The summed E-state index contributed by atoms with van der Waals surface area (Å²) in [5, 5.41) is -0.866. The number of nitrogens with zero attached hydrogens (tertiary/aromatic N) is 6. The molecule has 0 fully saturated rings. The summed E-state index contributed by atoms with van der Waals surface area (Å²) in [5.74, 6) is 0.333. The van der Waals surface area contributed by atoms with Crippen LogP contribution in [0.25, 0.3) is 0 Å². The number of hydrogen-bond donors (Lipinski definition) is 0. The van der Waals surface area contributed by atoms with E-state index in [-0.39, 0.29) is 45.7 Å². The molecule has 2 unspecified atom stereocenters. The molecule has 2 radical (unpaired) electrons. The molecule has 0 aliphatic rings. The monoisotopic (exact) mass is 1020 g/mol. The molecule has 0 saturated carbocycles. The largest absolute Gasteiger partial charge is 2.00 e. The van der Waals surface area contributed by atoms with Crippen molar-refractivity contribution in [1.29, 1.82) is 0 Å². The fourth-order valence-electron chi connectivity index (χ4n) is 4.10. The minimum atomic E-state index is -6.00. The maximum absolute atomic E-state index is 11.1. The van der Waals surface area contributed by atoms with Crippen molar-refractivity contribution < 1.29 is 95.8 Å². The molecule has 0 spiro atoms. The first-order valence-corrected chi connectivity index (χ1v) is 19.9. The standard InChI is InChI=1S/2C15H19N3O2S.2C3H6O.2BF4.2Cu/c2*1-13(21(19)20)10-18(11-14-6-2-4-8-16-14)12-15-7-3-5-9-17-15;2*1-3(2)4;2*2-1(3,4)5;;/h2*2-9,13H,10-12H2,1H3,(H,19,20);2*1-2H3;;;;/q;;;;2*-1;2*+2/p-2/t2*13-;;;;;;/m11....../s1. The minimum absolute atomic E-state index is 0. The van der Waals surface area contributed by atoms with Crippen molar-refractivity contribution in [3.05, 3.63) is 120 Å². The van der Waals surface area contributed by atoms with Crippen LogP contribution < -0.4 is 0 Å². The van der Waals surface area contributed by atoms with Crippen molar-refractivity contribution in [3.63, 3.8) is 0 Å². The van der Waals surface area contributed by atoms with Crippen LogP contribution in [0.4, 0.5) is 34.5 Å². The van der Waals surface area contributed by atoms with Gasteiger partial charge in [-0.25, -0.2) is 0 Å².